The number of nitrogens with two attached hydrogens (primary N) is 1. The molecule has 2 fully saturated rings. The smallest absolute Gasteiger partial charge is 0.257 e. The Kier molecular flexibility index (Phi) is 10.2. The Bertz CT molecular complexity index is 660. The summed E-state index contributed by atoms with van der Waals surface area (Å²) < 4.78 is 5.36. The number of halogens is 3. The predicted octanol–water partition coefficient (Wildman–Crippen LogP) is 4.50. The zero-order chi connectivity index (χ0) is 18.7. The van der Waals surface area contributed by atoms with Crippen LogP contribution in [0.3, 0.4) is 0 Å². The summed E-state index contributed by atoms with van der Waals surface area (Å²) in [5, 5.41) is 0.393. The number of likely N-dealkylation sites (tertiary alicyclic amines) is 2. The molecule has 8 heteroatoms. The fraction of sp³-hybridized carbons (Fsp3) is 0.650. The number of methoxy groups -OCH3 is 1. The largest absolute Gasteiger partial charge is 0.496 e. The molecule has 2 atom stereocenters. The van der Waals surface area contributed by atoms with Crippen molar-refractivity contribution in [1.82, 2.24) is 9.80 Å². The molecule has 2 N–H and O–H groups in total. The van der Waals surface area contributed by atoms with Crippen LogP contribution in [-0.4, -0.2) is 55.0 Å². The van der Waals surface area contributed by atoms with Gasteiger partial charge in [-0.2, -0.15) is 0 Å². The Morgan fingerprint density at radius 2 is 1.96 bits per heavy atom. The van der Waals surface area contributed by atoms with Crippen molar-refractivity contribution in [3.05, 3.63) is 22.7 Å². The molecule has 0 spiro atoms. The van der Waals surface area contributed by atoms with Gasteiger partial charge >= 0.3 is 0 Å². The summed E-state index contributed by atoms with van der Waals surface area (Å²) in [4.78, 5) is 17.6. The van der Waals surface area contributed by atoms with Gasteiger partial charge in [0, 0.05) is 31.7 Å². The van der Waals surface area contributed by atoms with Crippen LogP contribution in [0.2, 0.25) is 5.02 Å². The molecular formula is C20H32Cl3N3O2. The second-order valence-corrected chi connectivity index (χ2v) is 8.08. The highest BCUT2D eigenvalue weighted by molar-refractivity contribution is 6.33. The summed E-state index contributed by atoms with van der Waals surface area (Å²) >= 11 is 6.14. The molecule has 2 heterocycles. The third-order valence-electron chi connectivity index (χ3n) is 5.79. The molecule has 2 unspecified atom stereocenters. The Morgan fingerprint density at radius 1 is 1.21 bits per heavy atom. The lowest BCUT2D eigenvalue weighted by Gasteiger charge is -2.39. The van der Waals surface area contributed by atoms with Gasteiger partial charge in [-0.25, -0.2) is 0 Å². The highest BCUT2D eigenvalue weighted by Crippen LogP contribution is 2.31. The Hall–Kier alpha value is -0.880. The first-order valence-corrected chi connectivity index (χ1v) is 10.0. The molecule has 1 amide bonds. The Labute approximate surface area is 185 Å². The van der Waals surface area contributed by atoms with E-state index < -0.39 is 0 Å². The number of anilines is 1. The fourth-order valence-corrected chi connectivity index (χ4v) is 4.40. The van der Waals surface area contributed by atoms with Gasteiger partial charge in [0.2, 0.25) is 0 Å². The zero-order valence-corrected chi connectivity index (χ0v) is 19.0. The first kappa shape index (κ1) is 25.2. The molecule has 1 aromatic carbocycles. The SMILES string of the molecule is COc1cc(N)c(Cl)cc1C(=O)N1CCCC(CN2CCCCC2C)C1.Cl.Cl. The van der Waals surface area contributed by atoms with E-state index in [2.05, 4.69) is 11.8 Å². The van der Waals surface area contributed by atoms with E-state index in [1.165, 1.54) is 32.2 Å². The molecular weight excluding hydrogens is 421 g/mol. The Morgan fingerprint density at radius 3 is 2.64 bits per heavy atom. The van der Waals surface area contributed by atoms with E-state index in [4.69, 9.17) is 22.1 Å². The maximum Gasteiger partial charge on any atom is 0.257 e. The van der Waals surface area contributed by atoms with Crippen molar-refractivity contribution in [3.63, 3.8) is 0 Å². The molecule has 2 saturated heterocycles. The molecule has 160 valence electrons. The quantitative estimate of drug-likeness (QED) is 0.683. The number of rotatable bonds is 4. The summed E-state index contributed by atoms with van der Waals surface area (Å²) in [5.41, 5.74) is 6.77. The van der Waals surface area contributed by atoms with Crippen LogP contribution in [0.4, 0.5) is 5.69 Å². The van der Waals surface area contributed by atoms with Crippen molar-refractivity contribution in [2.75, 3.05) is 39.0 Å². The second kappa shape index (κ2) is 11.3. The standard InChI is InChI=1S/C20H30ClN3O2.2ClH/c1-14-6-3-4-8-23(14)12-15-7-5-9-24(13-15)20(25)16-10-17(21)18(22)11-19(16)26-2;;/h10-11,14-15H,3-9,12-13,22H2,1-2H3;2*1H. The zero-order valence-electron chi connectivity index (χ0n) is 16.7. The molecule has 0 radical (unpaired) electrons. The van der Waals surface area contributed by atoms with Crippen LogP contribution in [0.1, 0.15) is 49.4 Å². The number of nitrogen functional groups attached to an aromatic ring is 1. The van der Waals surface area contributed by atoms with Crippen LogP contribution in [0.25, 0.3) is 0 Å². The lowest BCUT2D eigenvalue weighted by molar-refractivity contribution is 0.0591. The van der Waals surface area contributed by atoms with Crippen LogP contribution < -0.4 is 10.5 Å². The number of piperidine rings is 2. The van der Waals surface area contributed by atoms with Gasteiger partial charge < -0.3 is 20.3 Å². The average Bonchev–Trinajstić information content (AvgIpc) is 2.65. The van der Waals surface area contributed by atoms with Gasteiger partial charge in [0.25, 0.3) is 5.91 Å². The van der Waals surface area contributed by atoms with E-state index in [1.807, 2.05) is 4.90 Å². The molecule has 5 nitrogen and oxygen atoms in total. The first-order chi connectivity index (χ1) is 12.5. The topological polar surface area (TPSA) is 58.8 Å². The van der Waals surface area contributed by atoms with E-state index in [1.54, 1.807) is 19.2 Å². The summed E-state index contributed by atoms with van der Waals surface area (Å²) in [6, 6.07) is 3.92. The minimum Gasteiger partial charge on any atom is -0.496 e. The second-order valence-electron chi connectivity index (χ2n) is 7.67. The maximum atomic E-state index is 13.1. The minimum atomic E-state index is -0.0138. The van der Waals surface area contributed by atoms with Gasteiger partial charge in [0.05, 0.1) is 23.4 Å². The molecule has 0 aromatic heterocycles. The minimum absolute atomic E-state index is 0. The van der Waals surface area contributed by atoms with Gasteiger partial charge in [-0.15, -0.1) is 24.8 Å². The van der Waals surface area contributed by atoms with Crippen molar-refractivity contribution >= 4 is 48.0 Å². The number of carbonyl (C=O) groups is 1. The number of amides is 1. The van der Waals surface area contributed by atoms with Crippen LogP contribution >= 0.6 is 36.4 Å². The monoisotopic (exact) mass is 451 g/mol. The van der Waals surface area contributed by atoms with E-state index in [0.29, 0.717) is 34.0 Å². The maximum absolute atomic E-state index is 13.1. The van der Waals surface area contributed by atoms with Gasteiger partial charge in [0.1, 0.15) is 5.75 Å². The summed E-state index contributed by atoms with van der Waals surface area (Å²) in [6.45, 7) is 6.19. The molecule has 0 saturated carbocycles. The summed E-state index contributed by atoms with van der Waals surface area (Å²) in [7, 11) is 1.55. The first-order valence-electron chi connectivity index (χ1n) is 9.66. The van der Waals surface area contributed by atoms with Gasteiger partial charge in [-0.1, -0.05) is 18.0 Å². The van der Waals surface area contributed by atoms with Crippen molar-refractivity contribution < 1.29 is 9.53 Å². The normalized spacial score (nSPS) is 22.8. The molecule has 28 heavy (non-hydrogen) atoms. The predicted molar refractivity (Wildman–Crippen MR) is 120 cm³/mol. The molecule has 2 aliphatic heterocycles. The fourth-order valence-electron chi connectivity index (χ4n) is 4.23. The lowest BCUT2D eigenvalue weighted by atomic mass is 9.94. The van der Waals surface area contributed by atoms with Gasteiger partial charge in [-0.05, 0) is 51.1 Å². The number of benzene rings is 1. The molecule has 3 rings (SSSR count). The Balaban J connectivity index is 0.00000196. The van der Waals surface area contributed by atoms with E-state index in [9.17, 15) is 4.79 Å². The summed E-state index contributed by atoms with van der Waals surface area (Å²) in [5.74, 6) is 1.01. The molecule has 2 aliphatic rings. The number of carbonyl (C=O) groups excluding carboxylic acids is 1. The van der Waals surface area contributed by atoms with E-state index >= 15 is 0 Å². The average molecular weight is 453 g/mol. The van der Waals surface area contributed by atoms with Crippen molar-refractivity contribution in [3.8, 4) is 5.75 Å². The van der Waals surface area contributed by atoms with Crippen molar-refractivity contribution in [1.29, 1.82) is 0 Å². The van der Waals surface area contributed by atoms with Crippen LogP contribution in [-0.2, 0) is 0 Å². The number of nitrogens with zero attached hydrogens (tertiary/aromatic N) is 2. The summed E-state index contributed by atoms with van der Waals surface area (Å²) in [6.07, 6.45) is 6.15. The number of hydrogen-bond donors (Lipinski definition) is 1. The molecule has 0 aliphatic carbocycles. The number of hydrogen-bond acceptors (Lipinski definition) is 4. The van der Waals surface area contributed by atoms with Gasteiger partial charge in [-0.3, -0.25) is 4.79 Å². The molecule has 0 bridgehead atoms. The third kappa shape index (κ3) is 5.82. The highest BCUT2D eigenvalue weighted by Gasteiger charge is 2.29. The highest BCUT2D eigenvalue weighted by atomic mass is 35.5. The van der Waals surface area contributed by atoms with E-state index in [0.717, 1.165) is 26.1 Å². The molecule has 1 aromatic rings. The van der Waals surface area contributed by atoms with Gasteiger partial charge in [0.15, 0.2) is 0 Å². The lowest BCUT2D eigenvalue weighted by Crippen LogP contribution is -2.46. The number of ether oxygens (including phenoxy) is 1. The van der Waals surface area contributed by atoms with Crippen molar-refractivity contribution in [2.24, 2.45) is 5.92 Å². The van der Waals surface area contributed by atoms with Crippen LogP contribution in [0, 0.1) is 5.92 Å². The van der Waals surface area contributed by atoms with E-state index in [-0.39, 0.29) is 30.7 Å². The third-order valence-corrected chi connectivity index (χ3v) is 6.12. The van der Waals surface area contributed by atoms with Crippen LogP contribution in [0.5, 0.6) is 5.75 Å². The van der Waals surface area contributed by atoms with Crippen LogP contribution in [0.15, 0.2) is 12.1 Å². The van der Waals surface area contributed by atoms with Crippen molar-refractivity contribution in [2.45, 2.75) is 45.1 Å².